The van der Waals surface area contributed by atoms with Crippen molar-refractivity contribution < 1.29 is 4.79 Å². The zero-order chi connectivity index (χ0) is 17.5. The van der Waals surface area contributed by atoms with Crippen LogP contribution in [0.3, 0.4) is 0 Å². The Morgan fingerprint density at radius 2 is 2.04 bits per heavy atom. The smallest absolute Gasteiger partial charge is 0.244 e. The number of carbonyl (C=O) groups is 1. The van der Waals surface area contributed by atoms with Crippen LogP contribution in [-0.2, 0) is 11.3 Å². The summed E-state index contributed by atoms with van der Waals surface area (Å²) in [7, 11) is 0. The molecule has 1 N–H and O–H groups in total. The molecule has 0 atom stereocenters. The molecule has 0 radical (unpaired) electrons. The third-order valence-corrected chi connectivity index (χ3v) is 4.62. The van der Waals surface area contributed by atoms with Gasteiger partial charge in [0.05, 0.1) is 5.69 Å². The van der Waals surface area contributed by atoms with E-state index in [2.05, 4.69) is 29.2 Å². The van der Waals surface area contributed by atoms with Crippen molar-refractivity contribution in [2.45, 2.75) is 46.6 Å². The van der Waals surface area contributed by atoms with E-state index in [9.17, 15) is 4.79 Å². The third-order valence-electron chi connectivity index (χ3n) is 4.22. The third kappa shape index (κ3) is 5.64. The first-order chi connectivity index (χ1) is 11.5. The summed E-state index contributed by atoms with van der Waals surface area (Å²) in [6.45, 7) is 10.8. The summed E-state index contributed by atoms with van der Waals surface area (Å²) in [5.74, 6) is 0.385. The second-order valence-electron chi connectivity index (χ2n) is 6.89. The van der Waals surface area contributed by atoms with Crippen molar-refractivity contribution in [1.29, 1.82) is 0 Å². The summed E-state index contributed by atoms with van der Waals surface area (Å²) < 4.78 is 1.80. The second-order valence-corrected chi connectivity index (χ2v) is 7.25. The van der Waals surface area contributed by atoms with Gasteiger partial charge in [0, 0.05) is 31.3 Å². The quantitative estimate of drug-likeness (QED) is 0.767. The molecule has 2 heterocycles. The van der Waals surface area contributed by atoms with Gasteiger partial charge in [-0.25, -0.2) is 0 Å². The summed E-state index contributed by atoms with van der Waals surface area (Å²) in [4.78, 5) is 14.4. The lowest BCUT2D eigenvalue weighted by molar-refractivity contribution is -0.116. The first-order valence-electron chi connectivity index (χ1n) is 8.88. The van der Waals surface area contributed by atoms with Crippen molar-refractivity contribution in [2.75, 3.05) is 26.2 Å². The zero-order valence-electron chi connectivity index (χ0n) is 15.0. The number of amides is 1. The molecule has 1 aromatic rings. The van der Waals surface area contributed by atoms with Gasteiger partial charge in [-0.15, -0.1) is 0 Å². The number of halogens is 1. The van der Waals surface area contributed by atoms with E-state index in [0.717, 1.165) is 37.4 Å². The van der Waals surface area contributed by atoms with Crippen LogP contribution in [0.2, 0.25) is 5.15 Å². The van der Waals surface area contributed by atoms with E-state index < -0.39 is 0 Å². The number of piperidine rings is 1. The Bertz CT molecular complexity index is 574. The summed E-state index contributed by atoms with van der Waals surface area (Å²) in [5.41, 5.74) is 1.67. The van der Waals surface area contributed by atoms with E-state index in [1.807, 2.05) is 6.92 Å². The number of carbonyl (C=O) groups excluding carboxylic acids is 1. The second kappa shape index (κ2) is 9.23. The summed E-state index contributed by atoms with van der Waals surface area (Å²) in [6, 6.07) is 0. The Hall–Kier alpha value is -1.33. The molecule has 0 unspecified atom stereocenters. The summed E-state index contributed by atoms with van der Waals surface area (Å²) in [6.07, 6.45) is 7.18. The monoisotopic (exact) mass is 352 g/mol. The number of nitrogens with one attached hydrogen (secondary N) is 1. The highest BCUT2D eigenvalue weighted by molar-refractivity contribution is 6.31. The molecule has 1 aliphatic rings. The minimum atomic E-state index is -0.0842. The molecule has 1 aliphatic heterocycles. The van der Waals surface area contributed by atoms with Crippen LogP contribution in [0.5, 0.6) is 0 Å². The van der Waals surface area contributed by atoms with E-state index in [1.54, 1.807) is 16.8 Å². The van der Waals surface area contributed by atoms with Gasteiger partial charge in [-0.05, 0) is 44.8 Å². The minimum Gasteiger partial charge on any atom is -0.351 e. The Morgan fingerprint density at radius 1 is 1.33 bits per heavy atom. The maximum absolute atomic E-state index is 12.0. The lowest BCUT2D eigenvalue weighted by Crippen LogP contribution is -2.37. The van der Waals surface area contributed by atoms with Gasteiger partial charge in [0.15, 0.2) is 0 Å². The maximum Gasteiger partial charge on any atom is 0.244 e. The molecule has 24 heavy (non-hydrogen) atoms. The first-order valence-corrected chi connectivity index (χ1v) is 9.26. The summed E-state index contributed by atoms with van der Waals surface area (Å²) in [5, 5.41) is 7.98. The molecule has 1 amide bonds. The molecule has 6 heteroatoms. The van der Waals surface area contributed by atoms with Gasteiger partial charge in [-0.3, -0.25) is 9.48 Å². The molecule has 1 aromatic heterocycles. The highest BCUT2D eigenvalue weighted by Gasteiger charge is 2.12. The fraction of sp³-hybridized carbons (Fsp3) is 0.667. The number of aromatic nitrogens is 2. The van der Waals surface area contributed by atoms with Crippen LogP contribution in [0.25, 0.3) is 6.08 Å². The SMILES string of the molecule is Cc1nn(CC(C)C)c(Cl)c1C=CC(=O)NCCN1CCCCC1. The molecular formula is C18H29ClN4O. The molecule has 0 spiro atoms. The molecule has 0 saturated carbocycles. The highest BCUT2D eigenvalue weighted by atomic mass is 35.5. The van der Waals surface area contributed by atoms with Crippen LogP contribution >= 0.6 is 11.6 Å². The average Bonchev–Trinajstić information content (AvgIpc) is 2.80. The Balaban J connectivity index is 1.83. The van der Waals surface area contributed by atoms with E-state index in [0.29, 0.717) is 17.6 Å². The normalized spacial score (nSPS) is 16.2. The van der Waals surface area contributed by atoms with E-state index in [4.69, 9.17) is 11.6 Å². The van der Waals surface area contributed by atoms with Crippen molar-refractivity contribution >= 4 is 23.6 Å². The number of rotatable bonds is 7. The van der Waals surface area contributed by atoms with Gasteiger partial charge in [-0.2, -0.15) is 5.10 Å². The standard InChI is InChI=1S/C18H29ClN4O/c1-14(2)13-23-18(19)16(15(3)21-23)7-8-17(24)20-9-12-22-10-5-4-6-11-22/h7-8,14H,4-6,9-13H2,1-3H3,(H,20,24). The van der Waals surface area contributed by atoms with E-state index in [1.165, 1.54) is 19.3 Å². The van der Waals surface area contributed by atoms with Crippen molar-refractivity contribution in [3.8, 4) is 0 Å². The fourth-order valence-corrected chi connectivity index (χ4v) is 3.27. The lowest BCUT2D eigenvalue weighted by atomic mass is 10.1. The molecule has 1 saturated heterocycles. The fourth-order valence-electron chi connectivity index (χ4n) is 2.96. The van der Waals surface area contributed by atoms with Crippen molar-refractivity contribution in [1.82, 2.24) is 20.0 Å². The molecule has 5 nitrogen and oxygen atoms in total. The molecule has 2 rings (SSSR count). The minimum absolute atomic E-state index is 0.0842. The largest absolute Gasteiger partial charge is 0.351 e. The Labute approximate surface area is 150 Å². The highest BCUT2D eigenvalue weighted by Crippen LogP contribution is 2.22. The van der Waals surface area contributed by atoms with Crippen molar-refractivity contribution in [2.24, 2.45) is 5.92 Å². The van der Waals surface area contributed by atoms with Crippen LogP contribution in [0, 0.1) is 12.8 Å². The van der Waals surface area contributed by atoms with Crippen LogP contribution in [0.15, 0.2) is 6.08 Å². The summed E-state index contributed by atoms with van der Waals surface area (Å²) >= 11 is 6.37. The van der Waals surface area contributed by atoms with Crippen molar-refractivity contribution in [3.05, 3.63) is 22.5 Å². The molecule has 1 fully saturated rings. The number of nitrogens with zero attached hydrogens (tertiary/aromatic N) is 3. The van der Waals surface area contributed by atoms with Crippen molar-refractivity contribution in [3.63, 3.8) is 0 Å². The molecular weight excluding hydrogens is 324 g/mol. The van der Waals surface area contributed by atoms with Crippen LogP contribution < -0.4 is 5.32 Å². The molecule has 0 bridgehead atoms. The van der Waals surface area contributed by atoms with Gasteiger partial charge >= 0.3 is 0 Å². The van der Waals surface area contributed by atoms with Crippen LogP contribution in [0.4, 0.5) is 0 Å². The lowest BCUT2D eigenvalue weighted by Gasteiger charge is -2.26. The predicted octanol–water partition coefficient (Wildman–Crippen LogP) is 3.12. The Morgan fingerprint density at radius 3 is 2.71 bits per heavy atom. The molecule has 134 valence electrons. The number of likely N-dealkylation sites (tertiary alicyclic amines) is 1. The number of hydrogen-bond acceptors (Lipinski definition) is 3. The maximum atomic E-state index is 12.0. The average molecular weight is 353 g/mol. The molecule has 0 aliphatic carbocycles. The van der Waals surface area contributed by atoms with Crippen LogP contribution in [-0.4, -0.2) is 46.8 Å². The first kappa shape index (κ1) is 19.0. The number of aryl methyl sites for hydroxylation is 1. The van der Waals surface area contributed by atoms with Gasteiger partial charge in [0.2, 0.25) is 5.91 Å². The molecule has 0 aromatic carbocycles. The topological polar surface area (TPSA) is 50.2 Å². The van der Waals surface area contributed by atoms with E-state index >= 15 is 0 Å². The van der Waals surface area contributed by atoms with Gasteiger partial charge < -0.3 is 10.2 Å². The van der Waals surface area contributed by atoms with Gasteiger partial charge in [0.1, 0.15) is 5.15 Å². The van der Waals surface area contributed by atoms with Crippen LogP contribution in [0.1, 0.15) is 44.4 Å². The zero-order valence-corrected chi connectivity index (χ0v) is 15.8. The van der Waals surface area contributed by atoms with E-state index in [-0.39, 0.29) is 5.91 Å². The van der Waals surface area contributed by atoms with Gasteiger partial charge in [-0.1, -0.05) is 31.9 Å². The number of hydrogen-bond donors (Lipinski definition) is 1. The predicted molar refractivity (Wildman–Crippen MR) is 99.1 cm³/mol. The Kier molecular flexibility index (Phi) is 7.31. The van der Waals surface area contributed by atoms with Gasteiger partial charge in [0.25, 0.3) is 0 Å².